The van der Waals surface area contributed by atoms with Crippen LogP contribution in [0.2, 0.25) is 0 Å². The number of allylic oxidation sites excluding steroid dienone is 2. The number of ether oxygens (including phenoxy) is 1. The Balaban J connectivity index is 2.13. The van der Waals surface area contributed by atoms with Gasteiger partial charge in [0.2, 0.25) is 0 Å². The third-order valence-corrected chi connectivity index (χ3v) is 2.94. The molecule has 0 spiro atoms. The van der Waals surface area contributed by atoms with E-state index in [9.17, 15) is 0 Å². The Labute approximate surface area is 97.9 Å². The van der Waals surface area contributed by atoms with E-state index >= 15 is 0 Å². The molecule has 2 rings (SSSR count). The maximum absolute atomic E-state index is 5.88. The van der Waals surface area contributed by atoms with E-state index in [1.165, 1.54) is 0 Å². The van der Waals surface area contributed by atoms with Gasteiger partial charge < -0.3 is 15.0 Å². The van der Waals surface area contributed by atoms with E-state index in [4.69, 9.17) is 15.0 Å². The number of rotatable bonds is 5. The molecule has 0 radical (unpaired) electrons. The summed E-state index contributed by atoms with van der Waals surface area (Å²) >= 11 is 0. The van der Waals surface area contributed by atoms with Gasteiger partial charge in [0.25, 0.3) is 0 Å². The van der Waals surface area contributed by atoms with Crippen molar-refractivity contribution in [3.05, 3.63) is 47.7 Å². The molecule has 0 saturated carbocycles. The Morgan fingerprint density at radius 1 is 1.25 bits per heavy atom. The van der Waals surface area contributed by atoms with Gasteiger partial charge in [0, 0.05) is 15.9 Å². The molecular formula is C12H16NO2P. The van der Waals surface area contributed by atoms with Gasteiger partial charge in [-0.05, 0) is 18.1 Å². The molecule has 0 fully saturated rings. The van der Waals surface area contributed by atoms with Crippen LogP contribution >= 0.6 is 9.47 Å². The predicted molar refractivity (Wildman–Crippen MR) is 66.4 cm³/mol. The number of hydrogen-bond donors (Lipinski definition) is 1. The van der Waals surface area contributed by atoms with Crippen LogP contribution in [0.5, 0.6) is 0 Å². The van der Waals surface area contributed by atoms with E-state index < -0.39 is 6.23 Å². The monoisotopic (exact) mass is 237 g/mol. The maximum atomic E-state index is 5.88. The minimum absolute atomic E-state index is 0.245. The first-order valence-electron chi connectivity index (χ1n) is 5.33. The smallest absolute Gasteiger partial charge is 0.163 e. The topological polar surface area (TPSA) is 44.5 Å². The molecule has 3 unspecified atom stereocenters. The fraction of sp³-hybridized carbons (Fsp3) is 0.333. The first-order chi connectivity index (χ1) is 7.81. The van der Waals surface area contributed by atoms with Crippen molar-refractivity contribution >= 4 is 9.47 Å². The highest BCUT2D eigenvalue weighted by Gasteiger charge is 2.23. The van der Waals surface area contributed by atoms with Gasteiger partial charge in [-0.2, -0.15) is 0 Å². The lowest BCUT2D eigenvalue weighted by atomic mass is 10.1. The number of nitrogens with two attached hydrogens (primary N) is 1. The van der Waals surface area contributed by atoms with Gasteiger partial charge in [0.1, 0.15) is 0 Å². The van der Waals surface area contributed by atoms with E-state index in [-0.39, 0.29) is 6.10 Å². The summed E-state index contributed by atoms with van der Waals surface area (Å²) in [5, 5.41) is 0. The van der Waals surface area contributed by atoms with Gasteiger partial charge in [-0.3, -0.25) is 0 Å². The molecule has 1 aliphatic rings. The van der Waals surface area contributed by atoms with Crippen molar-refractivity contribution in [2.45, 2.75) is 25.2 Å². The fourth-order valence-electron chi connectivity index (χ4n) is 1.57. The zero-order valence-electron chi connectivity index (χ0n) is 9.00. The number of hydrogen-bond acceptors (Lipinski definition) is 3. The molecule has 1 aliphatic carbocycles. The Bertz CT molecular complexity index is 367. The lowest BCUT2D eigenvalue weighted by molar-refractivity contribution is 0.0130. The summed E-state index contributed by atoms with van der Waals surface area (Å²) in [5.41, 5.74) is 6.91. The van der Waals surface area contributed by atoms with Crippen LogP contribution in [0.3, 0.4) is 0 Å². The van der Waals surface area contributed by atoms with Crippen LogP contribution in [-0.4, -0.2) is 6.23 Å². The zero-order valence-corrected chi connectivity index (χ0v) is 10.2. The largest absolute Gasteiger partial charge is 0.486 e. The van der Waals surface area contributed by atoms with Crippen LogP contribution in [0.25, 0.3) is 0 Å². The molecule has 0 saturated heterocycles. The quantitative estimate of drug-likeness (QED) is 0.632. The van der Waals surface area contributed by atoms with Crippen LogP contribution < -0.4 is 5.73 Å². The van der Waals surface area contributed by atoms with Crippen molar-refractivity contribution in [2.75, 3.05) is 0 Å². The molecule has 3 atom stereocenters. The highest BCUT2D eigenvalue weighted by atomic mass is 31.0. The second-order valence-corrected chi connectivity index (χ2v) is 4.03. The molecule has 3 nitrogen and oxygen atoms in total. The summed E-state index contributed by atoms with van der Waals surface area (Å²) in [6.45, 7) is 0. The van der Waals surface area contributed by atoms with Crippen molar-refractivity contribution in [3.63, 3.8) is 0 Å². The van der Waals surface area contributed by atoms with E-state index in [0.29, 0.717) is 0 Å². The van der Waals surface area contributed by atoms with Gasteiger partial charge in [-0.15, -0.1) is 0 Å². The average Bonchev–Trinajstić information content (AvgIpc) is 2.28. The van der Waals surface area contributed by atoms with E-state index in [1.807, 2.05) is 30.3 Å². The molecular weight excluding hydrogens is 221 g/mol. The van der Waals surface area contributed by atoms with Crippen molar-refractivity contribution in [1.82, 2.24) is 0 Å². The summed E-state index contributed by atoms with van der Waals surface area (Å²) in [4.78, 5) is 0. The molecule has 2 N–H and O–H groups in total. The molecule has 0 aliphatic heterocycles. The molecule has 1 aromatic rings. The standard InChI is InChI=1S/C12H16NO2P/c13-12(15-16)11(14-10-7-4-8-10)9-5-2-1-3-6-9/h1-3,5-7,11-12H,4,8,13,16H2. The van der Waals surface area contributed by atoms with Crippen LogP contribution in [0.4, 0.5) is 0 Å². The minimum atomic E-state index is -0.478. The summed E-state index contributed by atoms with van der Waals surface area (Å²) < 4.78 is 10.9. The second kappa shape index (κ2) is 5.44. The van der Waals surface area contributed by atoms with Crippen molar-refractivity contribution in [1.29, 1.82) is 0 Å². The van der Waals surface area contributed by atoms with Gasteiger partial charge in [0.15, 0.2) is 12.3 Å². The highest BCUT2D eigenvalue weighted by Crippen LogP contribution is 2.30. The molecule has 0 bridgehead atoms. The van der Waals surface area contributed by atoms with Crippen molar-refractivity contribution < 1.29 is 9.26 Å². The van der Waals surface area contributed by atoms with Crippen molar-refractivity contribution in [2.24, 2.45) is 5.73 Å². The lowest BCUT2D eigenvalue weighted by Gasteiger charge is -2.27. The Hall–Kier alpha value is -0.890. The van der Waals surface area contributed by atoms with Crippen LogP contribution in [0, 0.1) is 0 Å². The van der Waals surface area contributed by atoms with Gasteiger partial charge in [-0.1, -0.05) is 30.3 Å². The van der Waals surface area contributed by atoms with Gasteiger partial charge >= 0.3 is 0 Å². The van der Waals surface area contributed by atoms with Gasteiger partial charge in [-0.25, -0.2) is 0 Å². The summed E-state index contributed by atoms with van der Waals surface area (Å²) in [7, 11) is 2.18. The normalized spacial score (nSPS) is 18.2. The fourth-order valence-corrected chi connectivity index (χ4v) is 1.71. The summed E-state index contributed by atoms with van der Waals surface area (Å²) in [6, 6.07) is 9.89. The highest BCUT2D eigenvalue weighted by molar-refractivity contribution is 7.09. The summed E-state index contributed by atoms with van der Waals surface area (Å²) in [5.74, 6) is 1.01. The van der Waals surface area contributed by atoms with Crippen LogP contribution in [0.15, 0.2) is 42.2 Å². The maximum Gasteiger partial charge on any atom is 0.163 e. The van der Waals surface area contributed by atoms with E-state index in [0.717, 1.165) is 24.2 Å². The third-order valence-electron chi connectivity index (χ3n) is 2.62. The minimum Gasteiger partial charge on any atom is -0.486 e. The van der Waals surface area contributed by atoms with Crippen molar-refractivity contribution in [3.8, 4) is 0 Å². The molecule has 86 valence electrons. The first-order valence-corrected chi connectivity index (χ1v) is 5.80. The molecule has 0 aromatic heterocycles. The Morgan fingerprint density at radius 3 is 2.44 bits per heavy atom. The first kappa shape index (κ1) is 11.6. The number of benzene rings is 1. The zero-order chi connectivity index (χ0) is 11.4. The predicted octanol–water partition coefficient (Wildman–Crippen LogP) is 2.51. The SMILES string of the molecule is NC(OP)C(OC1=CCC1)c1ccccc1. The molecule has 1 aromatic carbocycles. The summed E-state index contributed by atoms with van der Waals surface area (Å²) in [6.07, 6.45) is 3.44. The molecule has 16 heavy (non-hydrogen) atoms. The molecule has 0 heterocycles. The van der Waals surface area contributed by atoms with E-state index in [1.54, 1.807) is 0 Å². The second-order valence-electron chi connectivity index (χ2n) is 3.76. The Morgan fingerprint density at radius 2 is 1.94 bits per heavy atom. The average molecular weight is 237 g/mol. The molecule has 0 amide bonds. The van der Waals surface area contributed by atoms with E-state index in [2.05, 4.69) is 15.5 Å². The third kappa shape index (κ3) is 2.62. The Kier molecular flexibility index (Phi) is 3.94. The van der Waals surface area contributed by atoms with Crippen LogP contribution in [0.1, 0.15) is 24.5 Å². The lowest BCUT2D eigenvalue weighted by Crippen LogP contribution is -2.30. The van der Waals surface area contributed by atoms with Gasteiger partial charge in [0.05, 0.1) is 5.76 Å². The molecule has 4 heteroatoms. The van der Waals surface area contributed by atoms with Crippen LogP contribution in [-0.2, 0) is 9.26 Å².